The standard InChI is InChI=1S/C21H33N3O.2ClH/c1-3-13-23(4-2)16-18-5-7-19(8-6-18)20(25)24-14-10-21(11-15-24)9-12-22-17-21;;/h5-8,22H,3-4,9-17H2,1-2H3;2*1H. The van der Waals surface area contributed by atoms with Crippen LogP contribution < -0.4 is 5.32 Å². The van der Waals surface area contributed by atoms with Crippen molar-refractivity contribution in [1.82, 2.24) is 15.1 Å². The average Bonchev–Trinajstić information content (AvgIpc) is 3.10. The summed E-state index contributed by atoms with van der Waals surface area (Å²) in [5.41, 5.74) is 2.59. The quantitative estimate of drug-likeness (QED) is 0.762. The van der Waals surface area contributed by atoms with Crippen LogP contribution in [0.15, 0.2) is 24.3 Å². The summed E-state index contributed by atoms with van der Waals surface area (Å²) in [6, 6.07) is 8.27. The number of halogens is 2. The lowest BCUT2D eigenvalue weighted by Gasteiger charge is -2.38. The minimum absolute atomic E-state index is 0. The molecule has 0 aromatic heterocycles. The molecule has 0 saturated carbocycles. The fourth-order valence-corrected chi connectivity index (χ4v) is 4.27. The van der Waals surface area contributed by atoms with Gasteiger partial charge in [-0.1, -0.05) is 26.0 Å². The topological polar surface area (TPSA) is 35.6 Å². The molecule has 2 saturated heterocycles. The highest BCUT2D eigenvalue weighted by Gasteiger charge is 2.38. The molecule has 2 aliphatic heterocycles. The van der Waals surface area contributed by atoms with Crippen LogP contribution in [0.4, 0.5) is 0 Å². The van der Waals surface area contributed by atoms with Crippen molar-refractivity contribution in [3.8, 4) is 0 Å². The van der Waals surface area contributed by atoms with E-state index in [2.05, 4.69) is 36.2 Å². The van der Waals surface area contributed by atoms with Crippen LogP contribution in [0, 0.1) is 5.41 Å². The molecule has 4 nitrogen and oxygen atoms in total. The first-order valence-electron chi connectivity index (χ1n) is 9.97. The third-order valence-corrected chi connectivity index (χ3v) is 6.04. The minimum Gasteiger partial charge on any atom is -0.339 e. The maximum absolute atomic E-state index is 12.8. The fraction of sp³-hybridized carbons (Fsp3) is 0.667. The number of benzene rings is 1. The third kappa shape index (κ3) is 6.08. The van der Waals surface area contributed by atoms with Crippen molar-refractivity contribution in [2.45, 2.75) is 46.1 Å². The highest BCUT2D eigenvalue weighted by atomic mass is 35.5. The Morgan fingerprint density at radius 2 is 1.78 bits per heavy atom. The average molecular weight is 416 g/mol. The van der Waals surface area contributed by atoms with E-state index in [1.54, 1.807) is 0 Å². The normalized spacial score (nSPS) is 18.3. The lowest BCUT2D eigenvalue weighted by Crippen LogP contribution is -2.44. The largest absolute Gasteiger partial charge is 0.339 e. The van der Waals surface area contributed by atoms with Crippen LogP contribution >= 0.6 is 24.8 Å². The van der Waals surface area contributed by atoms with Crippen LogP contribution in [0.5, 0.6) is 0 Å². The Bertz CT molecular complexity index is 563. The molecule has 1 aromatic rings. The molecular formula is C21H35Cl2N3O. The van der Waals surface area contributed by atoms with E-state index in [0.717, 1.165) is 64.2 Å². The second-order valence-corrected chi connectivity index (χ2v) is 7.78. The molecule has 1 aromatic carbocycles. The van der Waals surface area contributed by atoms with Crippen molar-refractivity contribution in [1.29, 1.82) is 0 Å². The van der Waals surface area contributed by atoms with Crippen molar-refractivity contribution in [3.63, 3.8) is 0 Å². The van der Waals surface area contributed by atoms with Gasteiger partial charge in [-0.05, 0) is 68.4 Å². The van der Waals surface area contributed by atoms with E-state index < -0.39 is 0 Å². The monoisotopic (exact) mass is 415 g/mol. The maximum atomic E-state index is 12.8. The number of likely N-dealkylation sites (tertiary alicyclic amines) is 1. The van der Waals surface area contributed by atoms with E-state index in [-0.39, 0.29) is 30.7 Å². The third-order valence-electron chi connectivity index (χ3n) is 6.04. The molecular weight excluding hydrogens is 381 g/mol. The molecule has 2 aliphatic rings. The number of hydrogen-bond acceptors (Lipinski definition) is 3. The molecule has 2 heterocycles. The summed E-state index contributed by atoms with van der Waals surface area (Å²) in [6.07, 6.45) is 4.74. The summed E-state index contributed by atoms with van der Waals surface area (Å²) in [6.45, 7) is 11.7. The Morgan fingerprint density at radius 1 is 1.11 bits per heavy atom. The number of hydrogen-bond donors (Lipinski definition) is 1. The number of nitrogens with zero attached hydrogens (tertiary/aromatic N) is 2. The molecule has 0 radical (unpaired) electrons. The van der Waals surface area contributed by atoms with Gasteiger partial charge in [0.2, 0.25) is 0 Å². The van der Waals surface area contributed by atoms with Gasteiger partial charge in [0.05, 0.1) is 0 Å². The lowest BCUT2D eigenvalue weighted by atomic mass is 9.78. The fourth-order valence-electron chi connectivity index (χ4n) is 4.27. The first kappa shape index (κ1) is 24.2. The van der Waals surface area contributed by atoms with Crippen LogP contribution in [-0.2, 0) is 6.54 Å². The van der Waals surface area contributed by atoms with Gasteiger partial charge in [0.1, 0.15) is 0 Å². The van der Waals surface area contributed by atoms with Crippen molar-refractivity contribution in [2.24, 2.45) is 5.41 Å². The van der Waals surface area contributed by atoms with Gasteiger partial charge in [-0.15, -0.1) is 24.8 Å². The number of carbonyl (C=O) groups excluding carboxylic acids is 1. The second kappa shape index (κ2) is 11.3. The Labute approximate surface area is 176 Å². The van der Waals surface area contributed by atoms with Crippen molar-refractivity contribution in [3.05, 3.63) is 35.4 Å². The lowest BCUT2D eigenvalue weighted by molar-refractivity contribution is 0.0607. The van der Waals surface area contributed by atoms with Crippen LogP contribution in [0.2, 0.25) is 0 Å². The molecule has 1 amide bonds. The zero-order valence-electron chi connectivity index (χ0n) is 16.7. The van der Waals surface area contributed by atoms with Gasteiger partial charge in [0.25, 0.3) is 5.91 Å². The molecule has 0 unspecified atom stereocenters. The Kier molecular flexibility index (Phi) is 10.1. The zero-order valence-corrected chi connectivity index (χ0v) is 18.3. The Morgan fingerprint density at radius 3 is 2.30 bits per heavy atom. The SMILES string of the molecule is CCCN(CC)Cc1ccc(C(=O)N2CCC3(CCNC3)CC2)cc1.Cl.Cl. The maximum Gasteiger partial charge on any atom is 0.253 e. The highest BCUT2D eigenvalue weighted by molar-refractivity contribution is 5.94. The summed E-state index contributed by atoms with van der Waals surface area (Å²) < 4.78 is 0. The summed E-state index contributed by atoms with van der Waals surface area (Å²) in [5.74, 6) is 0.202. The molecule has 154 valence electrons. The van der Waals surface area contributed by atoms with Gasteiger partial charge in [-0.25, -0.2) is 0 Å². The smallest absolute Gasteiger partial charge is 0.253 e. The Balaban J connectivity index is 0.00000182. The molecule has 6 heteroatoms. The molecule has 1 spiro atoms. The van der Waals surface area contributed by atoms with Crippen LogP contribution in [0.25, 0.3) is 0 Å². The Hall–Kier alpha value is -0.810. The van der Waals surface area contributed by atoms with Crippen molar-refractivity contribution >= 4 is 30.7 Å². The first-order chi connectivity index (χ1) is 12.2. The van der Waals surface area contributed by atoms with E-state index in [1.165, 1.54) is 18.4 Å². The van der Waals surface area contributed by atoms with Crippen molar-refractivity contribution < 1.29 is 4.79 Å². The second-order valence-electron chi connectivity index (χ2n) is 7.78. The van der Waals surface area contributed by atoms with E-state index >= 15 is 0 Å². The van der Waals surface area contributed by atoms with Gasteiger partial charge in [0.15, 0.2) is 0 Å². The summed E-state index contributed by atoms with van der Waals surface area (Å²) in [4.78, 5) is 17.3. The van der Waals surface area contributed by atoms with E-state index in [0.29, 0.717) is 5.41 Å². The van der Waals surface area contributed by atoms with Gasteiger partial charge >= 0.3 is 0 Å². The number of nitrogens with one attached hydrogen (secondary N) is 1. The summed E-state index contributed by atoms with van der Waals surface area (Å²) in [5, 5.41) is 3.49. The van der Waals surface area contributed by atoms with Gasteiger partial charge in [-0.3, -0.25) is 9.69 Å². The van der Waals surface area contributed by atoms with E-state index in [9.17, 15) is 4.79 Å². The van der Waals surface area contributed by atoms with Gasteiger partial charge in [0, 0.05) is 31.7 Å². The van der Waals surface area contributed by atoms with Crippen LogP contribution in [0.1, 0.15) is 55.5 Å². The molecule has 3 rings (SSSR count). The molecule has 1 N–H and O–H groups in total. The predicted octanol–water partition coefficient (Wildman–Crippen LogP) is 3.98. The minimum atomic E-state index is 0. The molecule has 0 aliphatic carbocycles. The van der Waals surface area contributed by atoms with Gasteiger partial charge < -0.3 is 10.2 Å². The number of carbonyl (C=O) groups is 1. The number of piperidine rings is 1. The molecule has 27 heavy (non-hydrogen) atoms. The van der Waals surface area contributed by atoms with E-state index in [1.807, 2.05) is 17.0 Å². The van der Waals surface area contributed by atoms with Crippen LogP contribution in [-0.4, -0.2) is 55.0 Å². The van der Waals surface area contributed by atoms with Crippen molar-refractivity contribution in [2.75, 3.05) is 39.3 Å². The number of rotatable bonds is 6. The van der Waals surface area contributed by atoms with E-state index in [4.69, 9.17) is 0 Å². The molecule has 2 fully saturated rings. The summed E-state index contributed by atoms with van der Waals surface area (Å²) >= 11 is 0. The zero-order chi connectivity index (χ0) is 17.7. The highest BCUT2D eigenvalue weighted by Crippen LogP contribution is 2.37. The molecule has 0 bridgehead atoms. The number of amides is 1. The van der Waals surface area contributed by atoms with Crippen LogP contribution in [0.3, 0.4) is 0 Å². The summed E-state index contributed by atoms with van der Waals surface area (Å²) in [7, 11) is 0. The molecule has 0 atom stereocenters. The predicted molar refractivity (Wildman–Crippen MR) is 117 cm³/mol. The van der Waals surface area contributed by atoms with Gasteiger partial charge in [-0.2, -0.15) is 0 Å². The first-order valence-corrected chi connectivity index (χ1v) is 9.97.